The summed E-state index contributed by atoms with van der Waals surface area (Å²) < 4.78 is 14.4. The SMILES string of the molecule is CN(C)c1cccc(C(=O)NNC(=O)c2cc3c(F)cccc3s2)c1. The number of hydrazine groups is 1. The number of rotatable bonds is 3. The summed E-state index contributed by atoms with van der Waals surface area (Å²) in [5.41, 5.74) is 6.04. The van der Waals surface area contributed by atoms with E-state index >= 15 is 0 Å². The van der Waals surface area contributed by atoms with E-state index in [9.17, 15) is 14.0 Å². The van der Waals surface area contributed by atoms with Gasteiger partial charge in [-0.25, -0.2) is 4.39 Å². The summed E-state index contributed by atoms with van der Waals surface area (Å²) in [4.78, 5) is 26.6. The number of amides is 2. The first kappa shape index (κ1) is 16.9. The summed E-state index contributed by atoms with van der Waals surface area (Å²) in [5, 5.41) is 0.391. The molecule has 0 fully saturated rings. The zero-order valence-corrected chi connectivity index (χ0v) is 14.5. The number of hydrogen-bond donors (Lipinski definition) is 2. The molecule has 0 saturated carbocycles. The van der Waals surface area contributed by atoms with Crippen molar-refractivity contribution >= 4 is 38.9 Å². The molecular formula is C18H16FN3O2S. The molecular weight excluding hydrogens is 341 g/mol. The molecule has 0 bridgehead atoms. The van der Waals surface area contributed by atoms with Gasteiger partial charge in [0.1, 0.15) is 5.82 Å². The number of hydrogen-bond acceptors (Lipinski definition) is 4. The molecule has 2 N–H and O–H groups in total. The lowest BCUT2D eigenvalue weighted by molar-refractivity contribution is 0.0849. The molecule has 0 spiro atoms. The maximum Gasteiger partial charge on any atom is 0.279 e. The van der Waals surface area contributed by atoms with Crippen LogP contribution in [-0.2, 0) is 0 Å². The van der Waals surface area contributed by atoms with Gasteiger partial charge in [0.2, 0.25) is 0 Å². The van der Waals surface area contributed by atoms with Crippen LogP contribution in [0.25, 0.3) is 10.1 Å². The fourth-order valence-electron chi connectivity index (χ4n) is 2.31. The van der Waals surface area contributed by atoms with Gasteiger partial charge in [-0.1, -0.05) is 12.1 Å². The van der Waals surface area contributed by atoms with Crippen molar-refractivity contribution in [3.8, 4) is 0 Å². The van der Waals surface area contributed by atoms with Crippen LogP contribution >= 0.6 is 11.3 Å². The Morgan fingerprint density at radius 2 is 1.72 bits per heavy atom. The van der Waals surface area contributed by atoms with E-state index in [1.807, 2.05) is 25.1 Å². The number of thiophene rings is 1. The minimum atomic E-state index is -0.488. The van der Waals surface area contributed by atoms with E-state index in [0.717, 1.165) is 17.0 Å². The van der Waals surface area contributed by atoms with Gasteiger partial charge in [-0.15, -0.1) is 11.3 Å². The van der Waals surface area contributed by atoms with Crippen molar-refractivity contribution in [2.45, 2.75) is 0 Å². The number of carbonyl (C=O) groups is 2. The molecule has 3 aromatic rings. The molecule has 0 atom stereocenters. The standard InChI is InChI=1S/C18H16FN3O2S/c1-22(2)12-6-3-5-11(9-12)17(23)20-21-18(24)16-10-13-14(19)7-4-8-15(13)25-16/h3-10H,1-2H3,(H,20,23)(H,21,24). The molecule has 3 rings (SSSR count). The zero-order valence-electron chi connectivity index (χ0n) is 13.7. The predicted molar refractivity (Wildman–Crippen MR) is 97.5 cm³/mol. The second-order valence-corrected chi connectivity index (χ2v) is 6.70. The van der Waals surface area contributed by atoms with Crippen molar-refractivity contribution in [1.29, 1.82) is 0 Å². The van der Waals surface area contributed by atoms with Crippen LogP contribution in [0.4, 0.5) is 10.1 Å². The first-order valence-corrected chi connectivity index (χ1v) is 8.33. The summed E-state index contributed by atoms with van der Waals surface area (Å²) in [6.45, 7) is 0. The smallest absolute Gasteiger partial charge is 0.279 e. The van der Waals surface area contributed by atoms with Crippen LogP contribution in [0.15, 0.2) is 48.5 Å². The minimum Gasteiger partial charge on any atom is -0.378 e. The van der Waals surface area contributed by atoms with Crippen molar-refractivity contribution in [3.05, 3.63) is 64.8 Å². The number of nitrogens with one attached hydrogen (secondary N) is 2. The lowest BCUT2D eigenvalue weighted by Crippen LogP contribution is -2.41. The number of anilines is 1. The third kappa shape index (κ3) is 3.61. The number of carbonyl (C=O) groups excluding carboxylic acids is 2. The third-order valence-corrected chi connectivity index (χ3v) is 4.75. The zero-order chi connectivity index (χ0) is 18.0. The van der Waals surface area contributed by atoms with Crippen LogP contribution in [0.2, 0.25) is 0 Å². The molecule has 128 valence electrons. The number of nitrogens with zero attached hydrogens (tertiary/aromatic N) is 1. The lowest BCUT2D eigenvalue weighted by atomic mass is 10.2. The number of halogens is 1. The Kier molecular flexibility index (Phi) is 4.67. The topological polar surface area (TPSA) is 61.4 Å². The molecule has 2 amide bonds. The Morgan fingerprint density at radius 3 is 2.44 bits per heavy atom. The van der Waals surface area contributed by atoms with Crippen LogP contribution < -0.4 is 15.8 Å². The molecule has 25 heavy (non-hydrogen) atoms. The highest BCUT2D eigenvalue weighted by Crippen LogP contribution is 2.27. The van der Waals surface area contributed by atoms with Crippen LogP contribution in [0.5, 0.6) is 0 Å². The highest BCUT2D eigenvalue weighted by atomic mass is 32.1. The molecule has 1 aromatic heterocycles. The van der Waals surface area contributed by atoms with E-state index in [2.05, 4.69) is 10.9 Å². The second kappa shape index (κ2) is 6.90. The first-order chi connectivity index (χ1) is 12.0. The van der Waals surface area contributed by atoms with E-state index in [1.165, 1.54) is 12.1 Å². The van der Waals surface area contributed by atoms with Crippen molar-refractivity contribution < 1.29 is 14.0 Å². The van der Waals surface area contributed by atoms with Gasteiger partial charge in [-0.05, 0) is 36.4 Å². The van der Waals surface area contributed by atoms with Gasteiger partial charge in [-0.3, -0.25) is 20.4 Å². The molecule has 7 heteroatoms. The fourth-order valence-corrected chi connectivity index (χ4v) is 3.28. The first-order valence-electron chi connectivity index (χ1n) is 7.52. The van der Waals surface area contributed by atoms with Crippen molar-refractivity contribution in [1.82, 2.24) is 10.9 Å². The number of benzene rings is 2. The molecule has 0 aliphatic rings. The van der Waals surface area contributed by atoms with E-state index in [1.54, 1.807) is 30.3 Å². The van der Waals surface area contributed by atoms with Crippen molar-refractivity contribution in [2.24, 2.45) is 0 Å². The maximum atomic E-state index is 13.7. The summed E-state index contributed by atoms with van der Waals surface area (Å²) in [6.07, 6.45) is 0. The van der Waals surface area contributed by atoms with Crippen LogP contribution in [0.3, 0.4) is 0 Å². The quantitative estimate of drug-likeness (QED) is 0.708. The van der Waals surface area contributed by atoms with Gasteiger partial charge < -0.3 is 4.90 Å². The van der Waals surface area contributed by atoms with Crippen LogP contribution in [0.1, 0.15) is 20.0 Å². The van der Waals surface area contributed by atoms with Gasteiger partial charge in [0.15, 0.2) is 0 Å². The molecule has 2 aromatic carbocycles. The molecule has 0 saturated heterocycles. The molecule has 0 radical (unpaired) electrons. The Hall–Kier alpha value is -2.93. The minimum absolute atomic E-state index is 0.322. The van der Waals surface area contributed by atoms with Gasteiger partial charge >= 0.3 is 0 Å². The van der Waals surface area contributed by atoms with Gasteiger partial charge in [0.25, 0.3) is 11.8 Å². The van der Waals surface area contributed by atoms with E-state index < -0.39 is 11.8 Å². The highest BCUT2D eigenvalue weighted by molar-refractivity contribution is 7.20. The monoisotopic (exact) mass is 357 g/mol. The van der Waals surface area contributed by atoms with E-state index in [4.69, 9.17) is 0 Å². The van der Waals surface area contributed by atoms with E-state index in [0.29, 0.717) is 20.5 Å². The molecule has 1 heterocycles. The summed E-state index contributed by atoms with van der Waals surface area (Å²) in [5.74, 6) is -1.29. The van der Waals surface area contributed by atoms with Crippen LogP contribution in [0, 0.1) is 5.82 Å². The van der Waals surface area contributed by atoms with Gasteiger partial charge in [0.05, 0.1) is 4.88 Å². The average Bonchev–Trinajstić information content (AvgIpc) is 3.05. The fraction of sp³-hybridized carbons (Fsp3) is 0.111. The lowest BCUT2D eigenvalue weighted by Gasteiger charge is -2.13. The normalized spacial score (nSPS) is 10.5. The molecule has 0 unspecified atom stereocenters. The highest BCUT2D eigenvalue weighted by Gasteiger charge is 2.14. The Morgan fingerprint density at radius 1 is 1.00 bits per heavy atom. The summed E-state index contributed by atoms with van der Waals surface area (Å²) in [6, 6.07) is 13.2. The van der Waals surface area contributed by atoms with Crippen molar-refractivity contribution in [2.75, 3.05) is 19.0 Å². The molecule has 5 nitrogen and oxygen atoms in total. The Labute approximate surface area is 148 Å². The van der Waals surface area contributed by atoms with Crippen molar-refractivity contribution in [3.63, 3.8) is 0 Å². The third-order valence-electron chi connectivity index (χ3n) is 3.65. The maximum absolute atomic E-state index is 13.7. The molecule has 0 aliphatic heterocycles. The number of fused-ring (bicyclic) bond motifs is 1. The summed E-state index contributed by atoms with van der Waals surface area (Å²) >= 11 is 1.16. The van der Waals surface area contributed by atoms with Crippen LogP contribution in [-0.4, -0.2) is 25.9 Å². The van der Waals surface area contributed by atoms with Gasteiger partial charge in [0, 0.05) is 35.4 Å². The Balaban J connectivity index is 1.70. The largest absolute Gasteiger partial charge is 0.378 e. The second-order valence-electron chi connectivity index (χ2n) is 5.62. The Bertz CT molecular complexity index is 952. The van der Waals surface area contributed by atoms with Gasteiger partial charge in [-0.2, -0.15) is 0 Å². The predicted octanol–water partition coefficient (Wildman–Crippen LogP) is 3.18. The van der Waals surface area contributed by atoms with E-state index in [-0.39, 0.29) is 5.82 Å². The molecule has 0 aliphatic carbocycles. The summed E-state index contributed by atoms with van der Waals surface area (Å²) in [7, 11) is 3.75. The average molecular weight is 357 g/mol.